The highest BCUT2D eigenvalue weighted by molar-refractivity contribution is 5.36. The van der Waals surface area contributed by atoms with Gasteiger partial charge < -0.3 is 4.90 Å². The third-order valence-corrected chi connectivity index (χ3v) is 3.39. The Morgan fingerprint density at radius 3 is 3.24 bits per heavy atom. The lowest BCUT2D eigenvalue weighted by atomic mass is 9.98. The minimum atomic E-state index is 0.00353. The highest BCUT2D eigenvalue weighted by atomic mass is 16.1. The first-order valence-electron chi connectivity index (χ1n) is 5.99. The van der Waals surface area contributed by atoms with Gasteiger partial charge in [0.05, 0.1) is 0 Å². The van der Waals surface area contributed by atoms with Crippen LogP contribution >= 0.6 is 0 Å². The van der Waals surface area contributed by atoms with Crippen LogP contribution in [0.1, 0.15) is 24.6 Å². The van der Waals surface area contributed by atoms with Crippen molar-refractivity contribution in [3.63, 3.8) is 0 Å². The van der Waals surface area contributed by atoms with Crippen molar-refractivity contribution >= 4 is 5.65 Å². The first-order chi connectivity index (χ1) is 8.22. The molecule has 17 heavy (non-hydrogen) atoms. The van der Waals surface area contributed by atoms with Gasteiger partial charge >= 0.3 is 0 Å². The normalized spacial score (nSPS) is 22.1. The van der Waals surface area contributed by atoms with Crippen LogP contribution in [0.15, 0.2) is 23.1 Å². The molecule has 3 rings (SSSR count). The Morgan fingerprint density at radius 1 is 1.53 bits per heavy atom. The molecule has 5 heteroatoms. The molecule has 1 N–H and O–H groups in total. The van der Waals surface area contributed by atoms with E-state index in [4.69, 9.17) is 0 Å². The van der Waals surface area contributed by atoms with Gasteiger partial charge in [-0.3, -0.25) is 9.89 Å². The maximum Gasteiger partial charge on any atom is 0.183 e. The number of likely N-dealkylation sites (tertiary alicyclic amines) is 1. The van der Waals surface area contributed by atoms with E-state index >= 15 is 0 Å². The number of hydrogen-bond acceptors (Lipinski definition) is 3. The third kappa shape index (κ3) is 1.98. The standard InChI is InChI=1S/C12H16N4O/c1-15-5-2-3-9(8-15)12-13-11-7-10(17)4-6-16(11)14-12/h4,6-7,9H,2-3,5,8H2,1H3,(H,13,14). The Morgan fingerprint density at radius 2 is 2.41 bits per heavy atom. The van der Waals surface area contributed by atoms with Crippen molar-refractivity contribution < 1.29 is 0 Å². The Bertz CT molecular complexity index is 585. The fourth-order valence-corrected chi connectivity index (χ4v) is 2.49. The van der Waals surface area contributed by atoms with E-state index in [1.165, 1.54) is 6.42 Å². The number of H-pyrrole nitrogens is 1. The summed E-state index contributed by atoms with van der Waals surface area (Å²) in [6, 6.07) is 3.11. The summed E-state index contributed by atoms with van der Waals surface area (Å²) in [6.45, 7) is 2.19. The second kappa shape index (κ2) is 4.00. The summed E-state index contributed by atoms with van der Waals surface area (Å²) in [6.07, 6.45) is 4.10. The van der Waals surface area contributed by atoms with Crippen LogP contribution in [0.4, 0.5) is 0 Å². The maximum absolute atomic E-state index is 11.2. The van der Waals surface area contributed by atoms with Gasteiger partial charge in [0.1, 0.15) is 5.82 Å². The lowest BCUT2D eigenvalue weighted by molar-refractivity contribution is 0.246. The minimum Gasteiger partial charge on any atom is -0.306 e. The van der Waals surface area contributed by atoms with Gasteiger partial charge in [0.2, 0.25) is 0 Å². The third-order valence-electron chi connectivity index (χ3n) is 3.39. The Kier molecular flexibility index (Phi) is 2.48. The van der Waals surface area contributed by atoms with Crippen LogP contribution in [-0.4, -0.2) is 39.6 Å². The van der Waals surface area contributed by atoms with Gasteiger partial charge in [0.15, 0.2) is 11.1 Å². The van der Waals surface area contributed by atoms with Crippen molar-refractivity contribution in [1.29, 1.82) is 0 Å². The van der Waals surface area contributed by atoms with Crippen LogP contribution in [0.2, 0.25) is 0 Å². The molecule has 0 aromatic carbocycles. The first kappa shape index (κ1) is 10.5. The summed E-state index contributed by atoms with van der Waals surface area (Å²) in [5.41, 5.74) is 0.713. The van der Waals surface area contributed by atoms with Crippen LogP contribution in [0.5, 0.6) is 0 Å². The average Bonchev–Trinajstić information content (AvgIpc) is 2.72. The van der Waals surface area contributed by atoms with Gasteiger partial charge in [-0.05, 0) is 26.4 Å². The van der Waals surface area contributed by atoms with Gasteiger partial charge in [-0.2, -0.15) is 0 Å². The topological polar surface area (TPSA) is 53.4 Å². The highest BCUT2D eigenvalue weighted by Crippen LogP contribution is 2.23. The van der Waals surface area contributed by atoms with Crippen LogP contribution in [0.3, 0.4) is 0 Å². The summed E-state index contributed by atoms with van der Waals surface area (Å²) in [5.74, 6) is 1.44. The summed E-state index contributed by atoms with van der Waals surface area (Å²) >= 11 is 0. The number of nitrogens with zero attached hydrogens (tertiary/aromatic N) is 3. The lowest BCUT2D eigenvalue weighted by Crippen LogP contribution is -2.31. The number of rotatable bonds is 1. The second-order valence-electron chi connectivity index (χ2n) is 4.80. The van der Waals surface area contributed by atoms with Crippen molar-refractivity contribution in [3.05, 3.63) is 34.4 Å². The van der Waals surface area contributed by atoms with E-state index in [0.29, 0.717) is 11.6 Å². The van der Waals surface area contributed by atoms with Crippen molar-refractivity contribution in [2.45, 2.75) is 18.8 Å². The number of likely N-dealkylation sites (N-methyl/N-ethyl adjacent to an activating group) is 1. The fourth-order valence-electron chi connectivity index (χ4n) is 2.49. The zero-order valence-electron chi connectivity index (χ0n) is 9.89. The Hall–Kier alpha value is -1.62. The highest BCUT2D eigenvalue weighted by Gasteiger charge is 2.21. The van der Waals surface area contributed by atoms with Crippen molar-refractivity contribution in [2.24, 2.45) is 0 Å². The van der Waals surface area contributed by atoms with Crippen molar-refractivity contribution in [1.82, 2.24) is 19.5 Å². The summed E-state index contributed by atoms with van der Waals surface area (Å²) < 4.78 is 1.81. The summed E-state index contributed by atoms with van der Waals surface area (Å²) in [7, 11) is 2.14. The van der Waals surface area contributed by atoms with Gasteiger partial charge in [0, 0.05) is 30.8 Å². The second-order valence-corrected chi connectivity index (χ2v) is 4.80. The molecule has 2 aromatic heterocycles. The molecule has 0 spiro atoms. The molecule has 1 aliphatic rings. The molecule has 5 nitrogen and oxygen atoms in total. The van der Waals surface area contributed by atoms with Crippen LogP contribution in [0.25, 0.3) is 5.65 Å². The predicted octanol–water partition coefficient (Wildman–Crippen LogP) is 0.832. The van der Waals surface area contributed by atoms with E-state index in [9.17, 15) is 4.79 Å². The molecule has 1 fully saturated rings. The number of aromatic amines is 1. The number of fused-ring (bicyclic) bond motifs is 1. The first-order valence-corrected chi connectivity index (χ1v) is 5.99. The van der Waals surface area contributed by atoms with E-state index < -0.39 is 0 Å². The number of aromatic nitrogens is 3. The quantitative estimate of drug-likeness (QED) is 0.792. The largest absolute Gasteiger partial charge is 0.306 e. The zero-order chi connectivity index (χ0) is 11.8. The zero-order valence-corrected chi connectivity index (χ0v) is 9.89. The number of pyridine rings is 1. The molecule has 1 atom stereocenters. The molecule has 0 saturated carbocycles. The molecule has 0 amide bonds. The molecule has 1 aliphatic heterocycles. The maximum atomic E-state index is 11.2. The predicted molar refractivity (Wildman–Crippen MR) is 65.3 cm³/mol. The van der Waals surface area contributed by atoms with Gasteiger partial charge in [-0.15, -0.1) is 0 Å². The van der Waals surface area contributed by atoms with E-state index in [0.717, 1.165) is 25.3 Å². The molecule has 1 unspecified atom stereocenters. The monoisotopic (exact) mass is 232 g/mol. The van der Waals surface area contributed by atoms with Gasteiger partial charge in [-0.1, -0.05) is 0 Å². The van der Waals surface area contributed by atoms with E-state index in [-0.39, 0.29) is 5.43 Å². The number of nitrogens with one attached hydrogen (secondary N) is 1. The number of piperidine rings is 1. The van der Waals surface area contributed by atoms with Crippen molar-refractivity contribution in [3.8, 4) is 0 Å². The SMILES string of the molecule is CN1CCCC(c2nc3cc(=O)ccn3[nH]2)C1. The molecule has 0 bridgehead atoms. The van der Waals surface area contributed by atoms with Gasteiger partial charge in [-0.25, -0.2) is 9.50 Å². The molecular formula is C12H16N4O. The molecule has 1 saturated heterocycles. The Balaban J connectivity index is 1.97. The molecule has 3 heterocycles. The molecule has 2 aromatic rings. The van der Waals surface area contributed by atoms with Gasteiger partial charge in [0.25, 0.3) is 0 Å². The average molecular weight is 232 g/mol. The lowest BCUT2D eigenvalue weighted by Gasteiger charge is -2.28. The van der Waals surface area contributed by atoms with Crippen LogP contribution in [0, 0.1) is 0 Å². The van der Waals surface area contributed by atoms with E-state index in [2.05, 4.69) is 22.0 Å². The molecule has 90 valence electrons. The summed E-state index contributed by atoms with van der Waals surface area (Å²) in [5, 5.41) is 3.25. The van der Waals surface area contributed by atoms with Crippen LogP contribution < -0.4 is 5.43 Å². The fraction of sp³-hybridized carbons (Fsp3) is 0.500. The minimum absolute atomic E-state index is 0.00353. The Labute approximate surface area is 99.1 Å². The smallest absolute Gasteiger partial charge is 0.183 e. The molecular weight excluding hydrogens is 216 g/mol. The van der Waals surface area contributed by atoms with Crippen molar-refractivity contribution in [2.75, 3.05) is 20.1 Å². The van der Waals surface area contributed by atoms with Crippen LogP contribution in [-0.2, 0) is 0 Å². The molecule has 0 aliphatic carbocycles. The number of hydrogen-bond donors (Lipinski definition) is 1. The van der Waals surface area contributed by atoms with E-state index in [1.54, 1.807) is 18.3 Å². The molecule has 0 radical (unpaired) electrons. The summed E-state index contributed by atoms with van der Waals surface area (Å²) in [4.78, 5) is 18.1. The van der Waals surface area contributed by atoms with E-state index in [1.807, 2.05) is 4.52 Å².